The highest BCUT2D eigenvalue weighted by molar-refractivity contribution is 5.31. The zero-order chi connectivity index (χ0) is 11.8. The highest BCUT2D eigenvalue weighted by Crippen LogP contribution is 2.33. The fourth-order valence-corrected chi connectivity index (χ4v) is 3.33. The zero-order valence-corrected chi connectivity index (χ0v) is 10.6. The normalized spacial score (nSPS) is 25.9. The van der Waals surface area contributed by atoms with Crippen molar-refractivity contribution in [3.8, 4) is 0 Å². The predicted octanol–water partition coefficient (Wildman–Crippen LogP) is 1.45. The molecule has 1 aliphatic carbocycles. The Balaban J connectivity index is 1.97. The lowest BCUT2D eigenvalue weighted by atomic mass is 9.91. The molecule has 0 amide bonds. The summed E-state index contributed by atoms with van der Waals surface area (Å²) >= 11 is 0. The van der Waals surface area contributed by atoms with Gasteiger partial charge in [0.05, 0.1) is 11.7 Å². The van der Waals surface area contributed by atoms with E-state index in [2.05, 4.69) is 16.9 Å². The van der Waals surface area contributed by atoms with Crippen molar-refractivity contribution in [3.05, 3.63) is 17.0 Å². The summed E-state index contributed by atoms with van der Waals surface area (Å²) in [4.78, 5) is 0. The van der Waals surface area contributed by atoms with Crippen molar-refractivity contribution in [1.82, 2.24) is 15.1 Å². The van der Waals surface area contributed by atoms with Gasteiger partial charge in [0.15, 0.2) is 0 Å². The van der Waals surface area contributed by atoms with Crippen molar-refractivity contribution in [3.63, 3.8) is 0 Å². The Morgan fingerprint density at radius 2 is 2.06 bits per heavy atom. The van der Waals surface area contributed by atoms with Crippen LogP contribution < -0.4 is 11.1 Å². The summed E-state index contributed by atoms with van der Waals surface area (Å²) in [5.41, 5.74) is 10.1. The molecule has 1 aliphatic heterocycles. The van der Waals surface area contributed by atoms with Gasteiger partial charge in [0.2, 0.25) is 0 Å². The highest BCUT2D eigenvalue weighted by Gasteiger charge is 2.27. The molecule has 4 nitrogen and oxygen atoms in total. The summed E-state index contributed by atoms with van der Waals surface area (Å²) < 4.78 is 2.30. The quantitative estimate of drug-likeness (QED) is 0.773. The molecule has 1 unspecified atom stereocenters. The summed E-state index contributed by atoms with van der Waals surface area (Å²) in [6.45, 7) is 4.34. The van der Waals surface area contributed by atoms with Crippen molar-refractivity contribution < 1.29 is 0 Å². The summed E-state index contributed by atoms with van der Waals surface area (Å²) in [6.07, 6.45) is 5.88. The van der Waals surface area contributed by atoms with Gasteiger partial charge in [0, 0.05) is 17.3 Å². The fourth-order valence-electron chi connectivity index (χ4n) is 3.33. The molecule has 1 fully saturated rings. The molecule has 3 N–H and O–H groups in total. The molecule has 0 aromatic carbocycles. The van der Waals surface area contributed by atoms with Crippen molar-refractivity contribution in [2.24, 2.45) is 5.73 Å². The third-order valence-corrected chi connectivity index (χ3v) is 4.19. The Bertz CT molecular complexity index is 404. The van der Waals surface area contributed by atoms with Gasteiger partial charge in [-0.05, 0) is 52.1 Å². The molecule has 0 radical (unpaired) electrons. The molecule has 94 valence electrons. The number of piperidine rings is 1. The molecule has 0 bridgehead atoms. The number of aryl methyl sites for hydroxylation is 1. The van der Waals surface area contributed by atoms with Crippen LogP contribution in [0.4, 0.5) is 0 Å². The maximum atomic E-state index is 6.22. The van der Waals surface area contributed by atoms with Gasteiger partial charge < -0.3 is 11.1 Å². The van der Waals surface area contributed by atoms with Crippen molar-refractivity contribution in [2.75, 3.05) is 13.1 Å². The molecular formula is C13H22N4. The van der Waals surface area contributed by atoms with E-state index >= 15 is 0 Å². The van der Waals surface area contributed by atoms with Crippen LogP contribution >= 0.6 is 0 Å². The Morgan fingerprint density at radius 1 is 1.29 bits per heavy atom. The van der Waals surface area contributed by atoms with Crippen LogP contribution in [0.3, 0.4) is 0 Å². The van der Waals surface area contributed by atoms with Gasteiger partial charge in [0.25, 0.3) is 0 Å². The van der Waals surface area contributed by atoms with Gasteiger partial charge in [-0.2, -0.15) is 5.10 Å². The van der Waals surface area contributed by atoms with E-state index in [0.29, 0.717) is 6.04 Å². The molecule has 1 saturated heterocycles. The first-order valence-electron chi connectivity index (χ1n) is 6.81. The van der Waals surface area contributed by atoms with E-state index in [1.165, 1.54) is 30.5 Å². The van der Waals surface area contributed by atoms with E-state index < -0.39 is 0 Å². The number of nitrogens with one attached hydrogen (secondary N) is 1. The lowest BCUT2D eigenvalue weighted by molar-refractivity contribution is 0.331. The Morgan fingerprint density at radius 3 is 2.82 bits per heavy atom. The zero-order valence-electron chi connectivity index (χ0n) is 10.6. The van der Waals surface area contributed by atoms with Gasteiger partial charge in [-0.1, -0.05) is 0 Å². The summed E-state index contributed by atoms with van der Waals surface area (Å²) in [7, 11) is 0. The molecule has 3 rings (SSSR count). The van der Waals surface area contributed by atoms with Gasteiger partial charge >= 0.3 is 0 Å². The summed E-state index contributed by atoms with van der Waals surface area (Å²) in [5, 5.41) is 8.19. The minimum atomic E-state index is 0.217. The second-order valence-electron chi connectivity index (χ2n) is 5.37. The number of nitrogens with zero attached hydrogens (tertiary/aromatic N) is 2. The number of aromatic nitrogens is 2. The monoisotopic (exact) mass is 234 g/mol. The molecule has 4 heteroatoms. The van der Waals surface area contributed by atoms with Crippen molar-refractivity contribution >= 4 is 0 Å². The van der Waals surface area contributed by atoms with Crippen LogP contribution in [-0.4, -0.2) is 22.9 Å². The van der Waals surface area contributed by atoms with Crippen molar-refractivity contribution in [2.45, 2.75) is 51.1 Å². The van der Waals surface area contributed by atoms with Gasteiger partial charge in [-0.25, -0.2) is 0 Å². The maximum Gasteiger partial charge on any atom is 0.0644 e. The molecule has 1 aromatic heterocycles. The van der Waals surface area contributed by atoms with Crippen LogP contribution in [-0.2, 0) is 6.42 Å². The van der Waals surface area contributed by atoms with E-state index in [1.807, 2.05) is 0 Å². The lowest BCUT2D eigenvalue weighted by Gasteiger charge is -2.27. The minimum absolute atomic E-state index is 0.217. The second-order valence-corrected chi connectivity index (χ2v) is 5.37. The average Bonchev–Trinajstić information content (AvgIpc) is 2.69. The molecule has 1 atom stereocenters. The molecule has 1 aromatic rings. The largest absolute Gasteiger partial charge is 0.324 e. The Kier molecular flexibility index (Phi) is 2.92. The number of fused-ring (bicyclic) bond motifs is 1. The SMILES string of the molecule is Cc1nn(C2CCNCC2)c2c1C(N)CCC2. The molecular weight excluding hydrogens is 212 g/mol. The van der Waals surface area contributed by atoms with Crippen LogP contribution in [0, 0.1) is 6.92 Å². The number of nitrogens with two attached hydrogens (primary N) is 1. The van der Waals surface area contributed by atoms with E-state index in [-0.39, 0.29) is 6.04 Å². The Hall–Kier alpha value is -0.870. The number of rotatable bonds is 1. The Labute approximate surface area is 103 Å². The maximum absolute atomic E-state index is 6.22. The standard InChI is InChI=1S/C13H22N4/c1-9-13-11(14)3-2-4-12(13)17(16-9)10-5-7-15-8-6-10/h10-11,15H,2-8,14H2,1H3. The van der Waals surface area contributed by atoms with Gasteiger partial charge in [0.1, 0.15) is 0 Å². The van der Waals surface area contributed by atoms with Crippen LogP contribution in [0.15, 0.2) is 0 Å². The minimum Gasteiger partial charge on any atom is -0.324 e. The van der Waals surface area contributed by atoms with Gasteiger partial charge in [-0.3, -0.25) is 4.68 Å². The smallest absolute Gasteiger partial charge is 0.0644 e. The van der Waals surface area contributed by atoms with E-state index in [4.69, 9.17) is 10.8 Å². The predicted molar refractivity (Wildman–Crippen MR) is 68.0 cm³/mol. The van der Waals surface area contributed by atoms with Crippen molar-refractivity contribution in [1.29, 1.82) is 0 Å². The number of hydrogen-bond donors (Lipinski definition) is 2. The fraction of sp³-hybridized carbons (Fsp3) is 0.769. The topological polar surface area (TPSA) is 55.9 Å². The molecule has 2 heterocycles. The van der Waals surface area contributed by atoms with Crippen LogP contribution in [0.1, 0.15) is 54.7 Å². The van der Waals surface area contributed by atoms with E-state index in [1.54, 1.807) is 0 Å². The highest BCUT2D eigenvalue weighted by atomic mass is 15.3. The number of hydrogen-bond acceptors (Lipinski definition) is 3. The first-order chi connectivity index (χ1) is 8.27. The van der Waals surface area contributed by atoms with E-state index in [9.17, 15) is 0 Å². The molecule has 0 saturated carbocycles. The van der Waals surface area contributed by atoms with E-state index in [0.717, 1.165) is 31.6 Å². The second kappa shape index (κ2) is 4.42. The van der Waals surface area contributed by atoms with Crippen LogP contribution in [0.5, 0.6) is 0 Å². The first kappa shape index (κ1) is 11.2. The van der Waals surface area contributed by atoms with Crippen LogP contribution in [0.2, 0.25) is 0 Å². The van der Waals surface area contributed by atoms with Crippen LogP contribution in [0.25, 0.3) is 0 Å². The third-order valence-electron chi connectivity index (χ3n) is 4.19. The average molecular weight is 234 g/mol. The molecule has 2 aliphatic rings. The summed E-state index contributed by atoms with van der Waals surface area (Å²) in [5.74, 6) is 0. The lowest BCUT2D eigenvalue weighted by Crippen LogP contribution is -2.31. The van der Waals surface area contributed by atoms with Gasteiger partial charge in [-0.15, -0.1) is 0 Å². The third kappa shape index (κ3) is 1.89. The first-order valence-corrected chi connectivity index (χ1v) is 6.81. The molecule has 17 heavy (non-hydrogen) atoms. The molecule has 0 spiro atoms. The summed E-state index contributed by atoms with van der Waals surface area (Å²) in [6, 6.07) is 0.804.